The molecule has 2 aromatic rings. The third kappa shape index (κ3) is 4.55. The van der Waals surface area contributed by atoms with Crippen LogP contribution in [0.2, 0.25) is 0 Å². The van der Waals surface area contributed by atoms with Gasteiger partial charge in [0.2, 0.25) is 5.95 Å². The van der Waals surface area contributed by atoms with Gasteiger partial charge >= 0.3 is 0 Å². The average molecular weight is 298 g/mol. The fourth-order valence-electron chi connectivity index (χ4n) is 1.88. The molecule has 2 rings (SSSR count). The quantitative estimate of drug-likeness (QED) is 0.908. The molecule has 5 nitrogen and oxygen atoms in total. The summed E-state index contributed by atoms with van der Waals surface area (Å²) in [4.78, 5) is 20.4. The first-order valence-corrected chi connectivity index (χ1v) is 7.38. The van der Waals surface area contributed by atoms with E-state index in [9.17, 15) is 4.79 Å². The summed E-state index contributed by atoms with van der Waals surface area (Å²) in [6.07, 6.45) is 4.06. The second kappa shape index (κ2) is 6.56. The highest BCUT2D eigenvalue weighted by Gasteiger charge is 2.15. The lowest BCUT2D eigenvalue weighted by Crippen LogP contribution is -2.40. The number of carbonyl (C=O) groups excluding carboxylic acids is 1. The van der Waals surface area contributed by atoms with Crippen molar-refractivity contribution >= 4 is 17.5 Å². The van der Waals surface area contributed by atoms with Crippen molar-refractivity contribution in [2.24, 2.45) is 0 Å². The summed E-state index contributed by atoms with van der Waals surface area (Å²) >= 11 is 0. The number of hydrogen-bond donors (Lipinski definition) is 2. The fraction of sp³-hybridized carbons (Fsp3) is 0.353. The summed E-state index contributed by atoms with van der Waals surface area (Å²) in [7, 11) is 0. The maximum atomic E-state index is 12.0. The molecule has 0 saturated heterocycles. The van der Waals surface area contributed by atoms with Crippen molar-refractivity contribution in [3.05, 3.63) is 47.8 Å². The normalized spacial score (nSPS) is 11.1. The van der Waals surface area contributed by atoms with Crippen molar-refractivity contribution in [1.82, 2.24) is 15.3 Å². The molecule has 0 unspecified atom stereocenters. The van der Waals surface area contributed by atoms with Crippen LogP contribution < -0.4 is 10.6 Å². The van der Waals surface area contributed by atoms with E-state index in [0.29, 0.717) is 11.5 Å². The third-order valence-electron chi connectivity index (χ3n) is 3.02. The molecule has 0 radical (unpaired) electrons. The van der Waals surface area contributed by atoms with Crippen LogP contribution in [0.25, 0.3) is 0 Å². The lowest BCUT2D eigenvalue weighted by molar-refractivity contribution is 0.0919. The number of aromatic nitrogens is 2. The Kier molecular flexibility index (Phi) is 4.75. The van der Waals surface area contributed by atoms with Gasteiger partial charge in [-0.3, -0.25) is 4.79 Å². The molecular weight excluding hydrogens is 276 g/mol. The van der Waals surface area contributed by atoms with E-state index >= 15 is 0 Å². The Morgan fingerprint density at radius 2 is 1.68 bits per heavy atom. The van der Waals surface area contributed by atoms with Crippen molar-refractivity contribution in [2.45, 2.75) is 39.7 Å². The van der Waals surface area contributed by atoms with E-state index in [1.54, 1.807) is 0 Å². The lowest BCUT2D eigenvalue weighted by atomic mass is 10.1. The molecule has 0 atom stereocenters. The average Bonchev–Trinajstić information content (AvgIpc) is 2.47. The SMILES string of the molecule is CCc1ccc(Nc2ncc(C(=O)NC(C)(C)C)cn2)cc1. The van der Waals surface area contributed by atoms with E-state index in [4.69, 9.17) is 0 Å². The molecule has 0 bridgehead atoms. The van der Waals surface area contributed by atoms with Gasteiger partial charge in [0.05, 0.1) is 5.56 Å². The van der Waals surface area contributed by atoms with E-state index < -0.39 is 0 Å². The van der Waals surface area contributed by atoms with E-state index in [1.165, 1.54) is 18.0 Å². The fourth-order valence-corrected chi connectivity index (χ4v) is 1.88. The van der Waals surface area contributed by atoms with Crippen LogP contribution in [0.15, 0.2) is 36.7 Å². The molecule has 1 aromatic heterocycles. The number of amides is 1. The summed E-state index contributed by atoms with van der Waals surface area (Å²) in [5.74, 6) is 0.294. The number of aryl methyl sites for hydroxylation is 1. The lowest BCUT2D eigenvalue weighted by Gasteiger charge is -2.20. The zero-order valence-electron chi connectivity index (χ0n) is 13.5. The monoisotopic (exact) mass is 298 g/mol. The van der Waals surface area contributed by atoms with E-state index in [2.05, 4.69) is 39.7 Å². The topological polar surface area (TPSA) is 66.9 Å². The molecule has 1 heterocycles. The Bertz CT molecular complexity index is 627. The van der Waals surface area contributed by atoms with E-state index in [0.717, 1.165) is 12.1 Å². The standard InChI is InChI=1S/C17H22N4O/c1-5-12-6-8-14(9-7-12)20-16-18-10-13(11-19-16)15(22)21-17(2,3)4/h6-11H,5H2,1-4H3,(H,21,22)(H,18,19,20). The van der Waals surface area contributed by atoms with Gasteiger partial charge in [-0.1, -0.05) is 19.1 Å². The Hall–Kier alpha value is -2.43. The first kappa shape index (κ1) is 15.9. The first-order chi connectivity index (χ1) is 10.4. The van der Waals surface area contributed by atoms with Crippen molar-refractivity contribution in [3.63, 3.8) is 0 Å². The number of nitrogens with zero attached hydrogens (tertiary/aromatic N) is 2. The van der Waals surface area contributed by atoms with Crippen LogP contribution >= 0.6 is 0 Å². The van der Waals surface area contributed by atoms with Gasteiger partial charge in [-0.2, -0.15) is 0 Å². The summed E-state index contributed by atoms with van der Waals surface area (Å²) < 4.78 is 0. The minimum Gasteiger partial charge on any atom is -0.347 e. The van der Waals surface area contributed by atoms with Crippen molar-refractivity contribution < 1.29 is 4.79 Å². The highest BCUT2D eigenvalue weighted by atomic mass is 16.1. The molecule has 0 saturated carbocycles. The van der Waals surface area contributed by atoms with E-state index in [-0.39, 0.29) is 11.4 Å². The van der Waals surface area contributed by atoms with Gasteiger partial charge in [-0.25, -0.2) is 9.97 Å². The minimum atomic E-state index is -0.283. The van der Waals surface area contributed by atoms with Crippen LogP contribution in [0, 0.1) is 0 Å². The van der Waals surface area contributed by atoms with Crippen LogP contribution in [-0.2, 0) is 6.42 Å². The second-order valence-electron chi connectivity index (χ2n) is 6.17. The van der Waals surface area contributed by atoms with Gasteiger partial charge in [0.1, 0.15) is 0 Å². The van der Waals surface area contributed by atoms with Crippen molar-refractivity contribution in [1.29, 1.82) is 0 Å². The zero-order valence-corrected chi connectivity index (χ0v) is 13.5. The maximum absolute atomic E-state index is 12.0. The molecule has 0 aliphatic carbocycles. The number of carbonyl (C=O) groups is 1. The van der Waals surface area contributed by atoms with Gasteiger partial charge in [-0.15, -0.1) is 0 Å². The van der Waals surface area contributed by atoms with Crippen LogP contribution in [-0.4, -0.2) is 21.4 Å². The maximum Gasteiger partial charge on any atom is 0.254 e. The number of rotatable bonds is 4. The minimum absolute atomic E-state index is 0.175. The van der Waals surface area contributed by atoms with Crippen LogP contribution in [0.3, 0.4) is 0 Å². The molecule has 1 aromatic carbocycles. The molecule has 2 N–H and O–H groups in total. The zero-order chi connectivity index (χ0) is 16.2. The molecule has 0 aliphatic rings. The van der Waals surface area contributed by atoms with Crippen molar-refractivity contribution in [2.75, 3.05) is 5.32 Å². The highest BCUT2D eigenvalue weighted by Crippen LogP contribution is 2.14. The van der Waals surface area contributed by atoms with Gasteiger partial charge < -0.3 is 10.6 Å². The smallest absolute Gasteiger partial charge is 0.254 e. The Balaban J connectivity index is 2.03. The van der Waals surface area contributed by atoms with Gasteiger partial charge in [0.25, 0.3) is 5.91 Å². The Morgan fingerprint density at radius 1 is 1.09 bits per heavy atom. The number of hydrogen-bond acceptors (Lipinski definition) is 4. The summed E-state index contributed by atoms with van der Waals surface area (Å²) in [6, 6.07) is 8.10. The predicted molar refractivity (Wildman–Crippen MR) is 88.4 cm³/mol. The number of nitrogens with one attached hydrogen (secondary N) is 2. The second-order valence-corrected chi connectivity index (χ2v) is 6.17. The van der Waals surface area contributed by atoms with Gasteiger partial charge in [0.15, 0.2) is 0 Å². The first-order valence-electron chi connectivity index (χ1n) is 7.38. The molecule has 5 heteroatoms. The molecule has 22 heavy (non-hydrogen) atoms. The molecule has 0 aliphatic heterocycles. The molecule has 0 spiro atoms. The Labute approximate surface area is 131 Å². The Morgan fingerprint density at radius 3 is 2.18 bits per heavy atom. The van der Waals surface area contributed by atoms with Crippen molar-refractivity contribution in [3.8, 4) is 0 Å². The molecule has 1 amide bonds. The molecule has 0 fully saturated rings. The van der Waals surface area contributed by atoms with E-state index in [1.807, 2.05) is 32.9 Å². The third-order valence-corrected chi connectivity index (χ3v) is 3.02. The summed E-state index contributed by atoms with van der Waals surface area (Å²) in [6.45, 7) is 7.91. The number of anilines is 2. The molecule has 116 valence electrons. The summed E-state index contributed by atoms with van der Waals surface area (Å²) in [5, 5.41) is 5.99. The van der Waals surface area contributed by atoms with Crippen LogP contribution in [0.1, 0.15) is 43.6 Å². The molecular formula is C17H22N4O. The highest BCUT2D eigenvalue weighted by molar-refractivity contribution is 5.94. The largest absolute Gasteiger partial charge is 0.347 e. The predicted octanol–water partition coefficient (Wildman–Crippen LogP) is 3.31. The summed E-state index contributed by atoms with van der Waals surface area (Å²) in [5.41, 5.74) is 2.36. The van der Waals surface area contributed by atoms with Gasteiger partial charge in [-0.05, 0) is 44.9 Å². The number of benzene rings is 1. The van der Waals surface area contributed by atoms with Gasteiger partial charge in [0, 0.05) is 23.6 Å². The van der Waals surface area contributed by atoms with Crippen LogP contribution in [0.5, 0.6) is 0 Å². The van der Waals surface area contributed by atoms with Crippen LogP contribution in [0.4, 0.5) is 11.6 Å².